The van der Waals surface area contributed by atoms with Crippen LogP contribution in [0.3, 0.4) is 0 Å². The minimum absolute atomic E-state index is 0.344. The summed E-state index contributed by atoms with van der Waals surface area (Å²) in [5.41, 5.74) is 0.417. The minimum Gasteiger partial charge on any atom is -0.461 e. The second-order valence-corrected chi connectivity index (χ2v) is 8.76. The number of carbonyl (C=O) groups is 1. The van der Waals surface area contributed by atoms with E-state index in [-0.39, 0.29) is 5.97 Å². The summed E-state index contributed by atoms with van der Waals surface area (Å²) in [6, 6.07) is 0. The van der Waals surface area contributed by atoms with E-state index in [0.717, 1.165) is 23.0 Å². The Hall–Kier alpha value is -0.180. The summed E-state index contributed by atoms with van der Waals surface area (Å²) < 4.78 is 28.6. The Balaban J connectivity index is 3.38. The van der Waals surface area contributed by atoms with E-state index < -0.39 is 10.0 Å². The zero-order chi connectivity index (χ0) is 15.6. The molecular formula is C12H23NO4S3. The number of rotatable bonds is 11. The van der Waals surface area contributed by atoms with Crippen LogP contribution in [0, 0.1) is 0 Å². The molecule has 0 saturated carbocycles. The predicted octanol–water partition coefficient (Wildman–Crippen LogP) is 1.46. The summed E-state index contributed by atoms with van der Waals surface area (Å²) in [5, 5.41) is 0. The van der Waals surface area contributed by atoms with Crippen LogP contribution in [0.15, 0.2) is 12.2 Å². The van der Waals surface area contributed by atoms with Gasteiger partial charge in [-0.05, 0) is 6.92 Å². The third-order valence-electron chi connectivity index (χ3n) is 2.30. The van der Waals surface area contributed by atoms with Crippen molar-refractivity contribution in [1.29, 1.82) is 0 Å². The summed E-state index contributed by atoms with van der Waals surface area (Å²) in [6.07, 6.45) is 1.21. The highest BCUT2D eigenvalue weighted by Gasteiger charge is 2.09. The fraction of sp³-hybridized carbons (Fsp3) is 0.750. The summed E-state index contributed by atoms with van der Waals surface area (Å²) in [4.78, 5) is 11.1. The minimum atomic E-state index is -3.06. The van der Waals surface area contributed by atoms with Gasteiger partial charge in [-0.25, -0.2) is 17.5 Å². The molecule has 0 rings (SSSR count). The van der Waals surface area contributed by atoms with Crippen LogP contribution in [-0.2, 0) is 19.6 Å². The lowest BCUT2D eigenvalue weighted by Gasteiger charge is -2.13. The lowest BCUT2D eigenvalue weighted by atomic mass is 10.4. The molecule has 0 spiro atoms. The molecule has 0 atom stereocenters. The highest BCUT2D eigenvalue weighted by molar-refractivity contribution is 8.02. The van der Waals surface area contributed by atoms with Gasteiger partial charge >= 0.3 is 5.97 Å². The highest BCUT2D eigenvalue weighted by atomic mass is 32.2. The molecule has 118 valence electrons. The number of ether oxygens (including phenoxy) is 1. The second kappa shape index (κ2) is 10.5. The van der Waals surface area contributed by atoms with Gasteiger partial charge in [0.1, 0.15) is 6.61 Å². The van der Waals surface area contributed by atoms with Gasteiger partial charge in [-0.3, -0.25) is 0 Å². The Morgan fingerprint density at radius 1 is 1.20 bits per heavy atom. The van der Waals surface area contributed by atoms with Crippen molar-refractivity contribution in [1.82, 2.24) is 4.31 Å². The number of hydrogen-bond donors (Lipinski definition) is 0. The molecule has 20 heavy (non-hydrogen) atoms. The van der Waals surface area contributed by atoms with Gasteiger partial charge in [-0.2, -0.15) is 23.5 Å². The summed E-state index contributed by atoms with van der Waals surface area (Å²) in [7, 11) is -1.48. The van der Waals surface area contributed by atoms with Crippen LogP contribution < -0.4 is 0 Å². The van der Waals surface area contributed by atoms with E-state index in [2.05, 4.69) is 6.58 Å². The van der Waals surface area contributed by atoms with Gasteiger partial charge in [-0.15, -0.1) is 0 Å². The highest BCUT2D eigenvalue weighted by Crippen LogP contribution is 2.08. The summed E-state index contributed by atoms with van der Waals surface area (Å²) in [6.45, 7) is 6.06. The maximum absolute atomic E-state index is 11.1. The van der Waals surface area contributed by atoms with Crippen molar-refractivity contribution >= 4 is 39.5 Å². The molecule has 5 nitrogen and oxygen atoms in total. The van der Waals surface area contributed by atoms with E-state index in [1.165, 1.54) is 10.6 Å². The van der Waals surface area contributed by atoms with E-state index in [0.29, 0.717) is 18.7 Å². The van der Waals surface area contributed by atoms with Crippen LogP contribution >= 0.6 is 23.5 Å². The van der Waals surface area contributed by atoms with Crippen molar-refractivity contribution in [3.05, 3.63) is 12.2 Å². The van der Waals surface area contributed by atoms with Gasteiger partial charge in [0.15, 0.2) is 0 Å². The molecule has 0 unspecified atom stereocenters. The van der Waals surface area contributed by atoms with E-state index in [4.69, 9.17) is 4.74 Å². The quantitative estimate of drug-likeness (QED) is 0.322. The Morgan fingerprint density at radius 3 is 2.25 bits per heavy atom. The SMILES string of the molecule is C=C(C)C(=O)OCCSCCSCCN(C)S(C)(=O)=O. The number of esters is 1. The zero-order valence-corrected chi connectivity index (χ0v) is 14.7. The van der Waals surface area contributed by atoms with Crippen molar-refractivity contribution in [2.45, 2.75) is 6.92 Å². The maximum Gasteiger partial charge on any atom is 0.333 e. The second-order valence-electron chi connectivity index (χ2n) is 4.23. The molecule has 0 radical (unpaired) electrons. The topological polar surface area (TPSA) is 63.7 Å². The molecule has 0 amide bonds. The monoisotopic (exact) mass is 341 g/mol. The first-order valence-electron chi connectivity index (χ1n) is 6.14. The van der Waals surface area contributed by atoms with Crippen molar-refractivity contribution in [3.63, 3.8) is 0 Å². The Morgan fingerprint density at radius 2 is 1.75 bits per heavy atom. The Bertz CT molecular complexity index is 409. The largest absolute Gasteiger partial charge is 0.461 e. The fourth-order valence-corrected chi connectivity index (χ4v) is 3.49. The van der Waals surface area contributed by atoms with Gasteiger partial charge in [0.05, 0.1) is 6.26 Å². The molecule has 0 saturated heterocycles. The normalized spacial score (nSPS) is 11.6. The molecule has 0 aromatic rings. The number of nitrogens with zero attached hydrogens (tertiary/aromatic N) is 1. The maximum atomic E-state index is 11.1. The molecule has 0 aromatic carbocycles. The van der Waals surface area contributed by atoms with Gasteiger partial charge in [-0.1, -0.05) is 6.58 Å². The van der Waals surface area contributed by atoms with Crippen LogP contribution in [0.2, 0.25) is 0 Å². The molecule has 0 fully saturated rings. The lowest BCUT2D eigenvalue weighted by Crippen LogP contribution is -2.27. The molecular weight excluding hydrogens is 318 g/mol. The van der Waals surface area contributed by atoms with Crippen molar-refractivity contribution < 1.29 is 17.9 Å². The lowest BCUT2D eigenvalue weighted by molar-refractivity contribution is -0.138. The van der Waals surface area contributed by atoms with E-state index in [1.54, 1.807) is 37.5 Å². The van der Waals surface area contributed by atoms with Gasteiger partial charge in [0.2, 0.25) is 10.0 Å². The van der Waals surface area contributed by atoms with E-state index in [9.17, 15) is 13.2 Å². The summed E-state index contributed by atoms with van der Waals surface area (Å²) >= 11 is 3.43. The number of hydrogen-bond acceptors (Lipinski definition) is 6. The molecule has 8 heteroatoms. The molecule has 0 aliphatic rings. The van der Waals surface area contributed by atoms with Crippen molar-refractivity contribution in [2.24, 2.45) is 0 Å². The Kier molecular flexibility index (Phi) is 10.4. The van der Waals surface area contributed by atoms with Crippen LogP contribution in [-0.4, -0.2) is 68.2 Å². The average Bonchev–Trinajstić information content (AvgIpc) is 2.34. The first-order chi connectivity index (χ1) is 9.25. The standard InChI is InChI=1S/C12H23NO4S3/c1-11(2)12(14)17-6-8-19-10-9-18-7-5-13(3)20(4,15)16/h1,5-10H2,2-4H3. The summed E-state index contributed by atoms with van der Waals surface area (Å²) in [5.74, 6) is 3.12. The van der Waals surface area contributed by atoms with E-state index in [1.807, 2.05) is 0 Å². The van der Waals surface area contributed by atoms with Crippen LogP contribution in [0.5, 0.6) is 0 Å². The predicted molar refractivity (Wildman–Crippen MR) is 87.9 cm³/mol. The average molecular weight is 342 g/mol. The fourth-order valence-electron chi connectivity index (χ4n) is 0.997. The zero-order valence-electron chi connectivity index (χ0n) is 12.3. The van der Waals surface area contributed by atoms with Gasteiger partial charge < -0.3 is 4.74 Å². The van der Waals surface area contributed by atoms with E-state index >= 15 is 0 Å². The molecule has 0 bridgehead atoms. The van der Waals surface area contributed by atoms with Gasteiger partial charge in [0.25, 0.3) is 0 Å². The third kappa shape index (κ3) is 10.6. The van der Waals surface area contributed by atoms with Crippen molar-refractivity contribution in [2.75, 3.05) is 49.5 Å². The smallest absolute Gasteiger partial charge is 0.333 e. The number of sulfonamides is 1. The van der Waals surface area contributed by atoms with Gasteiger partial charge in [0, 0.05) is 42.2 Å². The molecule has 0 aromatic heterocycles. The van der Waals surface area contributed by atoms with Crippen LogP contribution in [0.25, 0.3) is 0 Å². The first kappa shape index (κ1) is 19.8. The van der Waals surface area contributed by atoms with Crippen LogP contribution in [0.1, 0.15) is 6.92 Å². The number of thioether (sulfide) groups is 2. The van der Waals surface area contributed by atoms with Crippen molar-refractivity contribution in [3.8, 4) is 0 Å². The molecule has 0 aliphatic carbocycles. The molecule has 0 aliphatic heterocycles. The third-order valence-corrected chi connectivity index (χ3v) is 5.78. The molecule has 0 N–H and O–H groups in total. The Labute approximate surface area is 130 Å². The molecule has 0 heterocycles. The van der Waals surface area contributed by atoms with Crippen LogP contribution in [0.4, 0.5) is 0 Å². The number of carbonyl (C=O) groups excluding carboxylic acids is 1. The first-order valence-corrected chi connectivity index (χ1v) is 10.3.